The van der Waals surface area contributed by atoms with Crippen molar-refractivity contribution in [1.29, 1.82) is 0 Å². The van der Waals surface area contributed by atoms with Crippen LogP contribution in [0.15, 0.2) is 47.0 Å². The normalized spacial score (nSPS) is 15.0. The summed E-state index contributed by atoms with van der Waals surface area (Å²) in [6.45, 7) is 8.06. The minimum absolute atomic E-state index is 0.0295. The van der Waals surface area contributed by atoms with E-state index in [2.05, 4.69) is 10.5 Å². The molecule has 0 atom stereocenters. The van der Waals surface area contributed by atoms with Crippen molar-refractivity contribution in [2.24, 2.45) is 5.41 Å². The third-order valence-corrected chi connectivity index (χ3v) is 5.78. The van der Waals surface area contributed by atoms with Crippen LogP contribution in [0.3, 0.4) is 0 Å². The molecule has 1 aliphatic heterocycles. The maximum Gasteiger partial charge on any atom is 0.261 e. The van der Waals surface area contributed by atoms with Crippen molar-refractivity contribution in [2.45, 2.75) is 27.7 Å². The van der Waals surface area contributed by atoms with Crippen molar-refractivity contribution in [2.75, 3.05) is 23.4 Å². The molecule has 1 aromatic heterocycles. The zero-order valence-corrected chi connectivity index (χ0v) is 19.1. The maximum absolute atomic E-state index is 13.2. The molecule has 0 fully saturated rings. The molecular formula is C24H24ClN3O4. The topological polar surface area (TPSA) is 84.7 Å². The smallest absolute Gasteiger partial charge is 0.261 e. The van der Waals surface area contributed by atoms with Gasteiger partial charge in [-0.05, 0) is 52.0 Å². The molecule has 0 bridgehead atoms. The Labute approximate surface area is 191 Å². The zero-order valence-electron chi connectivity index (χ0n) is 18.4. The highest BCUT2D eigenvalue weighted by molar-refractivity contribution is 6.33. The summed E-state index contributed by atoms with van der Waals surface area (Å²) in [5, 5.41) is 7.41. The number of fused-ring (bicyclic) bond motifs is 1. The van der Waals surface area contributed by atoms with Gasteiger partial charge in [-0.3, -0.25) is 9.59 Å². The van der Waals surface area contributed by atoms with Crippen molar-refractivity contribution in [3.63, 3.8) is 0 Å². The number of aromatic nitrogens is 1. The first-order valence-corrected chi connectivity index (χ1v) is 10.7. The van der Waals surface area contributed by atoms with Crippen LogP contribution in [0.5, 0.6) is 5.75 Å². The predicted molar refractivity (Wildman–Crippen MR) is 123 cm³/mol. The fourth-order valence-electron chi connectivity index (χ4n) is 3.71. The van der Waals surface area contributed by atoms with E-state index in [-0.39, 0.29) is 18.4 Å². The third-order valence-electron chi connectivity index (χ3n) is 5.46. The fourth-order valence-corrected chi connectivity index (χ4v) is 3.93. The molecule has 2 aromatic carbocycles. The van der Waals surface area contributed by atoms with E-state index in [1.807, 2.05) is 26.8 Å². The molecule has 1 N–H and O–H groups in total. The average Bonchev–Trinajstić information content (AvgIpc) is 3.11. The first-order chi connectivity index (χ1) is 15.2. The number of aryl methyl sites for hydroxylation is 1. The van der Waals surface area contributed by atoms with E-state index in [0.717, 1.165) is 0 Å². The lowest BCUT2D eigenvalue weighted by Crippen LogP contribution is -2.42. The molecule has 0 aliphatic carbocycles. The Balaban J connectivity index is 1.68. The van der Waals surface area contributed by atoms with E-state index in [4.69, 9.17) is 20.9 Å². The number of anilines is 2. The highest BCUT2D eigenvalue weighted by Crippen LogP contribution is 2.38. The van der Waals surface area contributed by atoms with E-state index in [0.29, 0.717) is 51.3 Å². The van der Waals surface area contributed by atoms with Gasteiger partial charge in [-0.25, -0.2) is 0 Å². The van der Waals surface area contributed by atoms with Gasteiger partial charge in [-0.2, -0.15) is 0 Å². The van der Waals surface area contributed by atoms with Gasteiger partial charge >= 0.3 is 0 Å². The summed E-state index contributed by atoms with van der Waals surface area (Å²) in [6, 6.07) is 12.4. The van der Waals surface area contributed by atoms with Gasteiger partial charge in [0.25, 0.3) is 5.91 Å². The lowest BCUT2D eigenvalue weighted by atomic mass is 9.93. The van der Waals surface area contributed by atoms with Crippen LogP contribution in [0.4, 0.5) is 11.4 Å². The van der Waals surface area contributed by atoms with Crippen molar-refractivity contribution in [1.82, 2.24) is 5.16 Å². The van der Waals surface area contributed by atoms with Gasteiger partial charge in [0.05, 0.1) is 16.1 Å². The largest absolute Gasteiger partial charge is 0.490 e. The first kappa shape index (κ1) is 21.9. The van der Waals surface area contributed by atoms with Gasteiger partial charge in [0.2, 0.25) is 5.91 Å². The molecule has 3 aromatic rings. The Bertz CT molecular complexity index is 1200. The highest BCUT2D eigenvalue weighted by atomic mass is 35.5. The van der Waals surface area contributed by atoms with Gasteiger partial charge < -0.3 is 19.5 Å². The van der Waals surface area contributed by atoms with Crippen LogP contribution < -0.4 is 15.0 Å². The number of ether oxygens (including phenoxy) is 1. The zero-order chi connectivity index (χ0) is 23.0. The molecule has 0 saturated carbocycles. The molecule has 4 rings (SSSR count). The van der Waals surface area contributed by atoms with Crippen molar-refractivity contribution in [3.8, 4) is 17.0 Å². The lowest BCUT2D eigenvalue weighted by Gasteiger charge is -2.27. The van der Waals surface area contributed by atoms with Crippen molar-refractivity contribution in [3.05, 3.63) is 58.8 Å². The number of hydrogen-bond donors (Lipinski definition) is 1. The van der Waals surface area contributed by atoms with Crippen molar-refractivity contribution >= 4 is 34.8 Å². The number of hydrogen-bond acceptors (Lipinski definition) is 5. The molecule has 0 unspecified atom stereocenters. The molecule has 0 spiro atoms. The summed E-state index contributed by atoms with van der Waals surface area (Å²) in [6.07, 6.45) is 0. The number of carbonyl (C=O) groups is 2. The third kappa shape index (κ3) is 3.84. The number of amides is 2. The highest BCUT2D eigenvalue weighted by Gasteiger charge is 2.37. The van der Waals surface area contributed by atoms with Crippen LogP contribution in [-0.2, 0) is 4.79 Å². The number of rotatable bonds is 4. The van der Waals surface area contributed by atoms with E-state index in [1.165, 1.54) is 0 Å². The molecule has 32 heavy (non-hydrogen) atoms. The summed E-state index contributed by atoms with van der Waals surface area (Å²) < 4.78 is 11.2. The number of benzene rings is 2. The average molecular weight is 454 g/mol. The Morgan fingerprint density at radius 2 is 2.00 bits per heavy atom. The number of nitrogens with zero attached hydrogens (tertiary/aromatic N) is 2. The molecule has 0 saturated heterocycles. The summed E-state index contributed by atoms with van der Waals surface area (Å²) in [5.41, 5.74) is 1.77. The standard InChI is InChI=1S/C24H24ClN3O4/c1-5-28-18-12-15(10-11-19(18)31-13-24(3,4)23(28)30)26-22(29)20-14(2)32-27-21(20)16-8-6-7-9-17(16)25/h6-12H,5,13H2,1-4H3,(H,26,29). The van der Waals surface area contributed by atoms with Crippen LogP contribution in [0, 0.1) is 12.3 Å². The number of nitrogens with one attached hydrogen (secondary N) is 1. The Hall–Kier alpha value is -3.32. The van der Waals surface area contributed by atoms with E-state index >= 15 is 0 Å². The Kier molecular flexibility index (Phi) is 5.69. The summed E-state index contributed by atoms with van der Waals surface area (Å²) in [4.78, 5) is 27.9. The van der Waals surface area contributed by atoms with Gasteiger partial charge in [0, 0.05) is 17.8 Å². The number of halogens is 1. The van der Waals surface area contributed by atoms with Gasteiger partial charge in [-0.15, -0.1) is 0 Å². The maximum atomic E-state index is 13.2. The molecular weight excluding hydrogens is 430 g/mol. The van der Waals surface area contributed by atoms with E-state index in [9.17, 15) is 9.59 Å². The monoisotopic (exact) mass is 453 g/mol. The quantitative estimate of drug-likeness (QED) is 0.577. The fraction of sp³-hybridized carbons (Fsp3) is 0.292. The molecule has 2 amide bonds. The van der Waals surface area contributed by atoms with Crippen LogP contribution >= 0.6 is 11.6 Å². The van der Waals surface area contributed by atoms with Gasteiger partial charge in [0.1, 0.15) is 29.4 Å². The molecule has 2 heterocycles. The van der Waals surface area contributed by atoms with Gasteiger partial charge in [0.15, 0.2) is 0 Å². The molecule has 166 valence electrons. The second-order valence-electron chi connectivity index (χ2n) is 8.30. The minimum Gasteiger partial charge on any atom is -0.490 e. The molecule has 0 radical (unpaired) electrons. The minimum atomic E-state index is -0.651. The number of carbonyl (C=O) groups excluding carboxylic acids is 2. The van der Waals surface area contributed by atoms with Crippen LogP contribution in [0.2, 0.25) is 5.02 Å². The predicted octanol–water partition coefficient (Wildman–Crippen LogP) is 5.33. The van der Waals surface area contributed by atoms with E-state index in [1.54, 1.807) is 48.2 Å². The van der Waals surface area contributed by atoms with E-state index < -0.39 is 5.41 Å². The van der Waals surface area contributed by atoms with Crippen LogP contribution in [0.25, 0.3) is 11.3 Å². The summed E-state index contributed by atoms with van der Waals surface area (Å²) >= 11 is 6.30. The second-order valence-corrected chi connectivity index (χ2v) is 8.71. The van der Waals surface area contributed by atoms with Gasteiger partial charge in [-0.1, -0.05) is 35.0 Å². The summed E-state index contributed by atoms with van der Waals surface area (Å²) in [5.74, 6) is 0.560. The Morgan fingerprint density at radius 1 is 1.25 bits per heavy atom. The van der Waals surface area contributed by atoms with Crippen LogP contribution in [0.1, 0.15) is 36.9 Å². The molecule has 8 heteroatoms. The molecule has 1 aliphatic rings. The SMILES string of the molecule is CCN1C(=O)C(C)(C)COc2ccc(NC(=O)c3c(-c4ccccc4Cl)noc3C)cc21. The van der Waals surface area contributed by atoms with Crippen LogP contribution in [-0.4, -0.2) is 30.1 Å². The first-order valence-electron chi connectivity index (χ1n) is 10.3. The second kappa shape index (κ2) is 8.31. The van der Waals surface area contributed by atoms with Crippen molar-refractivity contribution < 1.29 is 18.8 Å². The Morgan fingerprint density at radius 3 is 2.72 bits per heavy atom. The lowest BCUT2D eigenvalue weighted by molar-refractivity contribution is -0.127. The summed E-state index contributed by atoms with van der Waals surface area (Å²) in [7, 11) is 0. The molecule has 7 nitrogen and oxygen atoms in total.